The first-order chi connectivity index (χ1) is 8.09. The molecule has 3 nitrogen and oxygen atoms in total. The van der Waals surface area contributed by atoms with Gasteiger partial charge in [-0.05, 0) is 32.0 Å². The summed E-state index contributed by atoms with van der Waals surface area (Å²) in [5.74, 6) is 0.0121. The van der Waals surface area contributed by atoms with Gasteiger partial charge in [-0.3, -0.25) is 4.79 Å². The Hall–Kier alpha value is -2.03. The van der Waals surface area contributed by atoms with Gasteiger partial charge in [0.15, 0.2) is 0 Å². The number of hydrogen-bond donors (Lipinski definition) is 1. The Morgan fingerprint density at radius 1 is 1.18 bits per heavy atom. The van der Waals surface area contributed by atoms with Gasteiger partial charge in [-0.15, -0.1) is 0 Å². The Bertz CT molecular complexity index is 528. The first-order valence-corrected chi connectivity index (χ1v) is 5.59. The van der Waals surface area contributed by atoms with E-state index in [2.05, 4.69) is 4.98 Å². The van der Waals surface area contributed by atoms with Crippen LogP contribution in [0.3, 0.4) is 0 Å². The molecule has 0 saturated heterocycles. The van der Waals surface area contributed by atoms with Gasteiger partial charge >= 0.3 is 0 Å². The molecule has 1 aromatic heterocycles. The van der Waals surface area contributed by atoms with Gasteiger partial charge in [-0.1, -0.05) is 18.2 Å². The summed E-state index contributed by atoms with van der Waals surface area (Å²) in [7, 11) is 1.79. The van der Waals surface area contributed by atoms with Crippen molar-refractivity contribution in [3.8, 4) is 0 Å². The van der Waals surface area contributed by atoms with Crippen molar-refractivity contribution < 1.29 is 4.79 Å². The maximum Gasteiger partial charge on any atom is 0.259 e. The summed E-state index contributed by atoms with van der Waals surface area (Å²) in [6.07, 6.45) is 0. The van der Waals surface area contributed by atoms with Crippen LogP contribution in [0.25, 0.3) is 0 Å². The SMILES string of the molecule is Cc1cc(C(=O)N(C)c2ccccc2)c(C)[nH]1. The third-order valence-corrected chi connectivity index (χ3v) is 2.83. The number of rotatable bonds is 2. The number of H-pyrrole nitrogens is 1. The van der Waals surface area contributed by atoms with E-state index in [1.54, 1.807) is 11.9 Å². The van der Waals surface area contributed by atoms with E-state index in [1.165, 1.54) is 0 Å². The number of nitrogens with one attached hydrogen (secondary N) is 1. The van der Waals surface area contributed by atoms with Gasteiger partial charge < -0.3 is 9.88 Å². The summed E-state index contributed by atoms with van der Waals surface area (Å²) >= 11 is 0. The zero-order valence-electron chi connectivity index (χ0n) is 10.3. The molecule has 0 atom stereocenters. The first-order valence-electron chi connectivity index (χ1n) is 5.59. The molecule has 0 unspecified atom stereocenters. The molecule has 0 radical (unpaired) electrons. The zero-order chi connectivity index (χ0) is 12.4. The minimum Gasteiger partial charge on any atom is -0.362 e. The smallest absolute Gasteiger partial charge is 0.259 e. The van der Waals surface area contributed by atoms with Crippen molar-refractivity contribution in [1.29, 1.82) is 0 Å². The highest BCUT2D eigenvalue weighted by Crippen LogP contribution is 2.17. The molecule has 0 aliphatic carbocycles. The minimum atomic E-state index is 0.0121. The Morgan fingerprint density at radius 3 is 2.35 bits per heavy atom. The van der Waals surface area contributed by atoms with Crippen LogP contribution in [0.5, 0.6) is 0 Å². The topological polar surface area (TPSA) is 36.1 Å². The Kier molecular flexibility index (Phi) is 3.00. The van der Waals surface area contributed by atoms with Gasteiger partial charge in [0.25, 0.3) is 5.91 Å². The van der Waals surface area contributed by atoms with Crippen LogP contribution in [-0.2, 0) is 0 Å². The molecule has 0 fully saturated rings. The van der Waals surface area contributed by atoms with Crippen LogP contribution >= 0.6 is 0 Å². The molecule has 2 rings (SSSR count). The van der Waals surface area contributed by atoms with Crippen LogP contribution < -0.4 is 4.90 Å². The lowest BCUT2D eigenvalue weighted by Gasteiger charge is -2.16. The van der Waals surface area contributed by atoms with Crippen LogP contribution in [-0.4, -0.2) is 17.9 Å². The van der Waals surface area contributed by atoms with Gasteiger partial charge in [0.05, 0.1) is 5.56 Å². The first kappa shape index (κ1) is 11.5. The molecule has 88 valence electrons. The van der Waals surface area contributed by atoms with Crippen LogP contribution in [0.4, 0.5) is 5.69 Å². The van der Waals surface area contributed by atoms with Gasteiger partial charge in [0, 0.05) is 24.1 Å². The van der Waals surface area contributed by atoms with E-state index < -0.39 is 0 Å². The molecule has 0 saturated carbocycles. The van der Waals surface area contributed by atoms with Crippen molar-refractivity contribution in [2.45, 2.75) is 13.8 Å². The lowest BCUT2D eigenvalue weighted by molar-refractivity contribution is 0.0992. The average Bonchev–Trinajstić information content (AvgIpc) is 2.68. The van der Waals surface area contributed by atoms with Crippen molar-refractivity contribution in [3.05, 3.63) is 53.3 Å². The van der Waals surface area contributed by atoms with Gasteiger partial charge in [-0.2, -0.15) is 0 Å². The van der Waals surface area contributed by atoms with Gasteiger partial charge in [-0.25, -0.2) is 0 Å². The van der Waals surface area contributed by atoms with Crippen molar-refractivity contribution in [1.82, 2.24) is 4.98 Å². The quantitative estimate of drug-likeness (QED) is 0.843. The predicted octanol–water partition coefficient (Wildman–Crippen LogP) is 2.91. The summed E-state index contributed by atoms with van der Waals surface area (Å²) in [5, 5.41) is 0. The number of aromatic amines is 1. The van der Waals surface area contributed by atoms with Crippen LogP contribution in [0, 0.1) is 13.8 Å². The van der Waals surface area contributed by atoms with Crippen molar-refractivity contribution in [2.24, 2.45) is 0 Å². The van der Waals surface area contributed by atoms with Crippen LogP contribution in [0.15, 0.2) is 36.4 Å². The van der Waals surface area contributed by atoms with Crippen molar-refractivity contribution >= 4 is 11.6 Å². The predicted molar refractivity (Wildman–Crippen MR) is 69.4 cm³/mol. The molecule has 0 bridgehead atoms. The molecule has 0 aliphatic heterocycles. The maximum atomic E-state index is 12.3. The number of carbonyl (C=O) groups excluding carboxylic acids is 1. The highest BCUT2D eigenvalue weighted by Gasteiger charge is 2.16. The molecule has 1 heterocycles. The number of nitrogens with zero attached hydrogens (tertiary/aromatic N) is 1. The van der Waals surface area contributed by atoms with Gasteiger partial charge in [0.1, 0.15) is 0 Å². The molecular formula is C14H16N2O. The Morgan fingerprint density at radius 2 is 1.82 bits per heavy atom. The summed E-state index contributed by atoms with van der Waals surface area (Å²) in [4.78, 5) is 17.1. The second kappa shape index (κ2) is 4.45. The molecular weight excluding hydrogens is 212 g/mol. The molecule has 3 heteroatoms. The number of benzene rings is 1. The van der Waals surface area contributed by atoms with E-state index in [9.17, 15) is 4.79 Å². The molecule has 1 N–H and O–H groups in total. The number of hydrogen-bond acceptors (Lipinski definition) is 1. The number of aromatic nitrogens is 1. The fourth-order valence-electron chi connectivity index (χ4n) is 1.90. The summed E-state index contributed by atoms with van der Waals surface area (Å²) < 4.78 is 0. The molecule has 1 amide bonds. The van der Waals surface area contributed by atoms with Crippen LogP contribution in [0.1, 0.15) is 21.7 Å². The number of aryl methyl sites for hydroxylation is 2. The number of carbonyl (C=O) groups is 1. The average molecular weight is 228 g/mol. The van der Waals surface area contributed by atoms with E-state index in [4.69, 9.17) is 0 Å². The second-order valence-corrected chi connectivity index (χ2v) is 4.19. The van der Waals surface area contributed by atoms with Crippen molar-refractivity contribution in [2.75, 3.05) is 11.9 Å². The second-order valence-electron chi connectivity index (χ2n) is 4.19. The standard InChI is InChI=1S/C14H16N2O/c1-10-9-13(11(2)15-10)14(17)16(3)12-7-5-4-6-8-12/h4-9,15H,1-3H3. The van der Waals surface area contributed by atoms with E-state index >= 15 is 0 Å². The normalized spacial score (nSPS) is 10.3. The lowest BCUT2D eigenvalue weighted by atomic mass is 10.2. The van der Waals surface area contributed by atoms with E-state index in [1.807, 2.05) is 50.2 Å². The van der Waals surface area contributed by atoms with Crippen molar-refractivity contribution in [3.63, 3.8) is 0 Å². The van der Waals surface area contributed by atoms with E-state index in [0.29, 0.717) is 0 Å². The summed E-state index contributed by atoms with van der Waals surface area (Å²) in [6.45, 7) is 3.87. The molecule has 0 spiro atoms. The third-order valence-electron chi connectivity index (χ3n) is 2.83. The molecule has 0 aliphatic rings. The van der Waals surface area contributed by atoms with Crippen LogP contribution in [0.2, 0.25) is 0 Å². The monoisotopic (exact) mass is 228 g/mol. The highest BCUT2D eigenvalue weighted by molar-refractivity contribution is 6.06. The zero-order valence-corrected chi connectivity index (χ0v) is 10.3. The molecule has 2 aromatic rings. The summed E-state index contributed by atoms with van der Waals surface area (Å²) in [6, 6.07) is 11.5. The van der Waals surface area contributed by atoms with E-state index in [0.717, 1.165) is 22.6 Å². The number of anilines is 1. The Labute approximate surface area is 101 Å². The number of amides is 1. The van der Waals surface area contributed by atoms with Gasteiger partial charge in [0.2, 0.25) is 0 Å². The Balaban J connectivity index is 2.30. The van der Waals surface area contributed by atoms with E-state index in [-0.39, 0.29) is 5.91 Å². The lowest BCUT2D eigenvalue weighted by Crippen LogP contribution is -2.26. The molecule has 17 heavy (non-hydrogen) atoms. The third kappa shape index (κ3) is 2.23. The largest absolute Gasteiger partial charge is 0.362 e. The number of para-hydroxylation sites is 1. The summed E-state index contributed by atoms with van der Waals surface area (Å²) in [5.41, 5.74) is 3.55. The minimum absolute atomic E-state index is 0.0121. The fraction of sp³-hybridized carbons (Fsp3) is 0.214. The maximum absolute atomic E-state index is 12.3. The fourth-order valence-corrected chi connectivity index (χ4v) is 1.90. The molecule has 1 aromatic carbocycles. The highest BCUT2D eigenvalue weighted by atomic mass is 16.2.